The zero-order valence-corrected chi connectivity index (χ0v) is 25.2. The molecule has 2 unspecified atom stereocenters. The van der Waals surface area contributed by atoms with E-state index in [-0.39, 0.29) is 6.10 Å². The second kappa shape index (κ2) is 15.6. The molecule has 220 valence electrons. The number of ether oxygens (including phenoxy) is 1. The topological polar surface area (TPSA) is 32.7 Å². The van der Waals surface area contributed by atoms with Gasteiger partial charge in [0.15, 0.2) is 0 Å². The summed E-state index contributed by atoms with van der Waals surface area (Å²) in [5.41, 5.74) is 5.36. The largest absolute Gasteiger partial charge is 0.494 e. The summed E-state index contributed by atoms with van der Waals surface area (Å²) < 4.78 is 5.93. The van der Waals surface area contributed by atoms with Gasteiger partial charge < -0.3 is 14.7 Å². The lowest BCUT2D eigenvalue weighted by Crippen LogP contribution is -2.36. The maximum Gasteiger partial charge on any atom is 0.119 e. The number of rotatable bonds is 13. The standard InChI is InChI=1S/C38H51NO2/c1-2-3-29-41-36-22-20-34(21-23-36)38(33-13-8-5-9-14-33)35-24-27-39(28-25-35)26-10-15-37(40)32-18-16-31(17-19-32)30-11-6-4-7-12-30/h5,8-9,13-14,16-23,30,35,37-38,40H,2-4,6-7,10-12,15,24-29H2,1H3. The molecule has 3 nitrogen and oxygen atoms in total. The Morgan fingerprint density at radius 1 is 0.756 bits per heavy atom. The van der Waals surface area contributed by atoms with Crippen LogP contribution in [-0.2, 0) is 0 Å². The SMILES string of the molecule is CCCCOc1ccc(C(c2ccccc2)C2CCN(CCCC(O)c3ccc(C4CCCCC4)cc3)CC2)cc1. The van der Waals surface area contributed by atoms with Gasteiger partial charge in [0.2, 0.25) is 0 Å². The van der Waals surface area contributed by atoms with Crippen LogP contribution in [0.3, 0.4) is 0 Å². The second-order valence-corrected chi connectivity index (χ2v) is 12.5. The van der Waals surface area contributed by atoms with Crippen molar-refractivity contribution in [3.05, 3.63) is 101 Å². The van der Waals surface area contributed by atoms with Gasteiger partial charge in [-0.1, -0.05) is 99.3 Å². The first-order chi connectivity index (χ1) is 20.2. The highest BCUT2D eigenvalue weighted by Crippen LogP contribution is 2.39. The zero-order valence-electron chi connectivity index (χ0n) is 25.2. The molecule has 1 saturated carbocycles. The monoisotopic (exact) mass is 553 g/mol. The van der Waals surface area contributed by atoms with Gasteiger partial charge in [0.05, 0.1) is 12.7 Å². The number of hydrogen-bond donors (Lipinski definition) is 1. The van der Waals surface area contributed by atoms with Crippen molar-refractivity contribution in [1.82, 2.24) is 4.90 Å². The zero-order chi connectivity index (χ0) is 28.3. The number of piperidine rings is 1. The van der Waals surface area contributed by atoms with E-state index in [0.29, 0.717) is 11.8 Å². The molecule has 3 aromatic rings. The van der Waals surface area contributed by atoms with Crippen LogP contribution in [0.1, 0.15) is 118 Å². The van der Waals surface area contributed by atoms with Crippen LogP contribution in [0.5, 0.6) is 5.75 Å². The van der Waals surface area contributed by atoms with Crippen molar-refractivity contribution in [3.8, 4) is 5.75 Å². The minimum atomic E-state index is -0.357. The molecule has 1 aliphatic carbocycles. The maximum absolute atomic E-state index is 10.9. The third-order valence-electron chi connectivity index (χ3n) is 9.62. The molecule has 3 aromatic carbocycles. The van der Waals surface area contributed by atoms with E-state index in [1.807, 2.05) is 0 Å². The summed E-state index contributed by atoms with van der Waals surface area (Å²) in [4.78, 5) is 2.61. The highest BCUT2D eigenvalue weighted by atomic mass is 16.5. The van der Waals surface area contributed by atoms with Crippen LogP contribution in [0.2, 0.25) is 0 Å². The van der Waals surface area contributed by atoms with Crippen molar-refractivity contribution in [2.75, 3.05) is 26.2 Å². The van der Waals surface area contributed by atoms with Crippen LogP contribution >= 0.6 is 0 Å². The Morgan fingerprint density at radius 2 is 1.41 bits per heavy atom. The normalized spacial score (nSPS) is 18.7. The number of benzene rings is 3. The van der Waals surface area contributed by atoms with Gasteiger partial charge in [-0.15, -0.1) is 0 Å². The molecule has 0 bridgehead atoms. The van der Waals surface area contributed by atoms with E-state index in [2.05, 4.69) is 90.7 Å². The van der Waals surface area contributed by atoms with E-state index in [1.54, 1.807) is 0 Å². The molecule has 2 aliphatic rings. The third kappa shape index (κ3) is 8.46. The Bertz CT molecular complexity index is 1130. The molecule has 1 heterocycles. The molecule has 1 aliphatic heterocycles. The number of likely N-dealkylation sites (tertiary alicyclic amines) is 1. The van der Waals surface area contributed by atoms with E-state index in [9.17, 15) is 5.11 Å². The Kier molecular flexibility index (Phi) is 11.3. The van der Waals surface area contributed by atoms with Crippen molar-refractivity contribution < 1.29 is 9.84 Å². The Hall–Kier alpha value is -2.62. The molecule has 1 saturated heterocycles. The summed E-state index contributed by atoms with van der Waals surface area (Å²) in [5.74, 6) is 2.75. The summed E-state index contributed by atoms with van der Waals surface area (Å²) in [6.45, 7) is 6.34. The molecule has 2 fully saturated rings. The first-order valence-corrected chi connectivity index (χ1v) is 16.5. The van der Waals surface area contributed by atoms with E-state index >= 15 is 0 Å². The van der Waals surface area contributed by atoms with Gasteiger partial charge in [-0.25, -0.2) is 0 Å². The van der Waals surface area contributed by atoms with Crippen molar-refractivity contribution in [2.24, 2.45) is 5.92 Å². The molecule has 0 radical (unpaired) electrons. The molecule has 5 rings (SSSR count). The number of nitrogens with zero attached hydrogens (tertiary/aromatic N) is 1. The van der Waals surface area contributed by atoms with Gasteiger partial charge in [-0.2, -0.15) is 0 Å². The summed E-state index contributed by atoms with van der Waals surface area (Å²) in [7, 11) is 0. The average molecular weight is 554 g/mol. The van der Waals surface area contributed by atoms with Gasteiger partial charge >= 0.3 is 0 Å². The average Bonchev–Trinajstić information content (AvgIpc) is 3.04. The molecule has 0 aromatic heterocycles. The molecular weight excluding hydrogens is 502 g/mol. The molecule has 3 heteroatoms. The quantitative estimate of drug-likeness (QED) is 0.214. The highest BCUT2D eigenvalue weighted by molar-refractivity contribution is 5.37. The van der Waals surface area contributed by atoms with Crippen molar-refractivity contribution in [2.45, 2.75) is 95.5 Å². The minimum absolute atomic E-state index is 0.357. The lowest BCUT2D eigenvalue weighted by Gasteiger charge is -2.37. The summed E-state index contributed by atoms with van der Waals surface area (Å²) in [5, 5.41) is 10.9. The first kappa shape index (κ1) is 29.9. The number of hydrogen-bond acceptors (Lipinski definition) is 3. The fraction of sp³-hybridized carbons (Fsp3) is 0.526. The summed E-state index contributed by atoms with van der Waals surface area (Å²) in [6, 6.07) is 28.8. The highest BCUT2D eigenvalue weighted by Gasteiger charge is 2.29. The summed E-state index contributed by atoms with van der Waals surface area (Å²) >= 11 is 0. The Balaban J connectivity index is 1.11. The number of aliphatic hydroxyl groups is 1. The fourth-order valence-corrected chi connectivity index (χ4v) is 7.11. The van der Waals surface area contributed by atoms with Crippen molar-refractivity contribution in [1.29, 1.82) is 0 Å². The lowest BCUT2D eigenvalue weighted by atomic mass is 9.76. The number of unbranched alkanes of at least 4 members (excludes halogenated alkanes) is 1. The smallest absolute Gasteiger partial charge is 0.119 e. The third-order valence-corrected chi connectivity index (χ3v) is 9.62. The van der Waals surface area contributed by atoms with Gasteiger partial charge in [0, 0.05) is 5.92 Å². The molecule has 41 heavy (non-hydrogen) atoms. The van der Waals surface area contributed by atoms with Crippen molar-refractivity contribution >= 4 is 0 Å². The van der Waals surface area contributed by atoms with Crippen LogP contribution in [0.25, 0.3) is 0 Å². The minimum Gasteiger partial charge on any atom is -0.494 e. The van der Waals surface area contributed by atoms with Crippen LogP contribution in [-0.4, -0.2) is 36.2 Å². The van der Waals surface area contributed by atoms with Gasteiger partial charge in [0.25, 0.3) is 0 Å². The van der Waals surface area contributed by atoms with E-state index in [1.165, 1.54) is 61.6 Å². The van der Waals surface area contributed by atoms with Gasteiger partial charge in [-0.05, 0) is 111 Å². The predicted octanol–water partition coefficient (Wildman–Crippen LogP) is 9.27. The van der Waals surface area contributed by atoms with Crippen LogP contribution in [0.15, 0.2) is 78.9 Å². The predicted molar refractivity (Wildman–Crippen MR) is 171 cm³/mol. The lowest BCUT2D eigenvalue weighted by molar-refractivity contribution is 0.140. The van der Waals surface area contributed by atoms with E-state index in [0.717, 1.165) is 69.2 Å². The fourth-order valence-electron chi connectivity index (χ4n) is 7.11. The Labute approximate surface area is 249 Å². The molecule has 1 N–H and O–H groups in total. The van der Waals surface area contributed by atoms with E-state index < -0.39 is 0 Å². The molecule has 2 atom stereocenters. The molecule has 0 spiro atoms. The summed E-state index contributed by atoms with van der Waals surface area (Å²) in [6.07, 6.45) is 12.9. The van der Waals surface area contributed by atoms with Crippen LogP contribution in [0.4, 0.5) is 0 Å². The molecule has 0 amide bonds. The van der Waals surface area contributed by atoms with E-state index in [4.69, 9.17) is 4.74 Å². The molecular formula is C38H51NO2. The second-order valence-electron chi connectivity index (χ2n) is 12.5. The van der Waals surface area contributed by atoms with Crippen LogP contribution in [0, 0.1) is 5.92 Å². The van der Waals surface area contributed by atoms with Crippen LogP contribution < -0.4 is 4.74 Å². The van der Waals surface area contributed by atoms with Crippen molar-refractivity contribution in [3.63, 3.8) is 0 Å². The van der Waals surface area contributed by atoms with Gasteiger partial charge in [-0.3, -0.25) is 0 Å². The first-order valence-electron chi connectivity index (χ1n) is 16.5. The maximum atomic E-state index is 10.9. The number of aliphatic hydroxyl groups excluding tert-OH is 1. The Morgan fingerprint density at radius 3 is 2.10 bits per heavy atom. The van der Waals surface area contributed by atoms with Gasteiger partial charge in [0.1, 0.15) is 5.75 Å².